The summed E-state index contributed by atoms with van der Waals surface area (Å²) in [6.45, 7) is 3.71. The number of benzene rings is 1. The number of carbonyl (C=O) groups is 1. The number of piperazine rings is 1. The fourth-order valence-electron chi connectivity index (χ4n) is 2.89. The van der Waals surface area contributed by atoms with E-state index in [9.17, 15) is 13.6 Å². The highest BCUT2D eigenvalue weighted by Crippen LogP contribution is 2.22. The van der Waals surface area contributed by atoms with Crippen LogP contribution in [-0.4, -0.2) is 48.7 Å². The molecule has 1 aromatic heterocycles. The number of rotatable bonds is 5. The minimum atomic E-state index is -2.85. The van der Waals surface area contributed by atoms with Gasteiger partial charge in [0.2, 0.25) is 0 Å². The molecule has 2 aromatic rings. The summed E-state index contributed by atoms with van der Waals surface area (Å²) in [4.78, 5) is 21.0. The van der Waals surface area contributed by atoms with E-state index < -0.39 is 6.61 Å². The number of thiazole rings is 1. The largest absolute Gasteiger partial charge is 0.435 e. The highest BCUT2D eigenvalue weighted by Gasteiger charge is 2.23. The van der Waals surface area contributed by atoms with Crippen molar-refractivity contribution in [2.45, 2.75) is 26.5 Å². The number of anilines is 1. The summed E-state index contributed by atoms with van der Waals surface area (Å²) in [5.74, 6) is 0.0980. The zero-order valence-corrected chi connectivity index (χ0v) is 16.0. The van der Waals surface area contributed by atoms with Crippen LogP contribution in [0.2, 0.25) is 0 Å². The summed E-state index contributed by atoms with van der Waals surface area (Å²) in [5, 5.41) is 5.97. The van der Waals surface area contributed by atoms with Crippen molar-refractivity contribution in [3.05, 3.63) is 40.9 Å². The maximum Gasteiger partial charge on any atom is 0.387 e. The van der Waals surface area contributed by atoms with E-state index in [-0.39, 0.29) is 17.8 Å². The van der Waals surface area contributed by atoms with Crippen LogP contribution in [0.1, 0.15) is 24.2 Å². The van der Waals surface area contributed by atoms with E-state index in [0.717, 1.165) is 29.5 Å². The second kappa shape index (κ2) is 8.51. The van der Waals surface area contributed by atoms with Gasteiger partial charge in [0, 0.05) is 31.6 Å². The molecule has 3 rings (SSSR count). The van der Waals surface area contributed by atoms with Gasteiger partial charge in [0.1, 0.15) is 5.75 Å². The van der Waals surface area contributed by atoms with Crippen LogP contribution in [0.25, 0.3) is 0 Å². The van der Waals surface area contributed by atoms with Crippen molar-refractivity contribution in [2.24, 2.45) is 0 Å². The number of hydrogen-bond donors (Lipinski definition) is 1. The predicted molar refractivity (Wildman–Crippen MR) is 101 cm³/mol. The number of nitrogens with one attached hydrogen (secondary N) is 1. The molecule has 0 bridgehead atoms. The minimum Gasteiger partial charge on any atom is -0.435 e. The SMILES string of the molecule is Cc1csc(N2CCN(C(=O)NC(C)c3ccc(OC(F)F)cc3)CC2)n1. The van der Waals surface area contributed by atoms with Crippen LogP contribution in [0.5, 0.6) is 5.75 Å². The highest BCUT2D eigenvalue weighted by molar-refractivity contribution is 7.13. The molecule has 1 aliphatic rings. The lowest BCUT2D eigenvalue weighted by Gasteiger charge is -2.35. The summed E-state index contributed by atoms with van der Waals surface area (Å²) in [7, 11) is 0. The van der Waals surface area contributed by atoms with Crippen molar-refractivity contribution in [1.29, 1.82) is 0 Å². The Labute approximate surface area is 160 Å². The van der Waals surface area contributed by atoms with E-state index in [2.05, 4.69) is 19.9 Å². The topological polar surface area (TPSA) is 57.7 Å². The average molecular weight is 396 g/mol. The van der Waals surface area contributed by atoms with E-state index in [1.165, 1.54) is 12.1 Å². The molecule has 1 fully saturated rings. The van der Waals surface area contributed by atoms with Gasteiger partial charge in [-0.3, -0.25) is 0 Å². The molecule has 1 saturated heterocycles. The number of carbonyl (C=O) groups excluding carboxylic acids is 1. The van der Waals surface area contributed by atoms with Crippen LogP contribution in [0.4, 0.5) is 18.7 Å². The first-order valence-electron chi connectivity index (χ1n) is 8.69. The Bertz CT molecular complexity index is 761. The van der Waals surface area contributed by atoms with E-state index in [1.807, 2.05) is 19.2 Å². The van der Waals surface area contributed by atoms with E-state index >= 15 is 0 Å². The first kappa shape index (κ1) is 19.3. The number of amides is 2. The van der Waals surface area contributed by atoms with Gasteiger partial charge in [0.15, 0.2) is 5.13 Å². The Kier molecular flexibility index (Phi) is 6.10. The maximum absolute atomic E-state index is 12.5. The maximum atomic E-state index is 12.5. The third-order valence-corrected chi connectivity index (χ3v) is 5.41. The monoisotopic (exact) mass is 396 g/mol. The fourth-order valence-corrected chi connectivity index (χ4v) is 3.74. The Morgan fingerprint density at radius 2 is 1.89 bits per heavy atom. The van der Waals surface area contributed by atoms with Gasteiger partial charge in [0.25, 0.3) is 0 Å². The second-order valence-electron chi connectivity index (χ2n) is 6.36. The van der Waals surface area contributed by atoms with Crippen molar-refractivity contribution in [3.8, 4) is 5.75 Å². The van der Waals surface area contributed by atoms with E-state index in [4.69, 9.17) is 0 Å². The zero-order valence-electron chi connectivity index (χ0n) is 15.2. The van der Waals surface area contributed by atoms with Gasteiger partial charge in [-0.05, 0) is 31.5 Å². The van der Waals surface area contributed by atoms with E-state index in [0.29, 0.717) is 13.1 Å². The van der Waals surface area contributed by atoms with Crippen molar-refractivity contribution < 1.29 is 18.3 Å². The summed E-state index contributed by atoms with van der Waals surface area (Å²) in [6, 6.07) is 5.91. The third-order valence-electron chi connectivity index (χ3n) is 4.39. The predicted octanol–water partition coefficient (Wildman–Crippen LogP) is 3.65. The molecule has 1 aliphatic heterocycles. The molecule has 0 spiro atoms. The van der Waals surface area contributed by atoms with Crippen molar-refractivity contribution >= 4 is 22.5 Å². The molecule has 1 unspecified atom stereocenters. The van der Waals surface area contributed by atoms with Crippen molar-refractivity contribution in [1.82, 2.24) is 15.2 Å². The second-order valence-corrected chi connectivity index (χ2v) is 7.20. The number of aromatic nitrogens is 1. The molecule has 1 aromatic carbocycles. The van der Waals surface area contributed by atoms with Gasteiger partial charge in [-0.15, -0.1) is 11.3 Å². The van der Waals surface area contributed by atoms with Crippen LogP contribution in [0.3, 0.4) is 0 Å². The normalized spacial score (nSPS) is 15.7. The summed E-state index contributed by atoms with van der Waals surface area (Å²) in [5.41, 5.74) is 1.83. The number of ether oxygens (including phenoxy) is 1. The van der Waals surface area contributed by atoms with Gasteiger partial charge >= 0.3 is 12.6 Å². The zero-order chi connectivity index (χ0) is 19.4. The van der Waals surface area contributed by atoms with Crippen LogP contribution < -0.4 is 15.0 Å². The molecule has 1 atom stereocenters. The molecular weight excluding hydrogens is 374 g/mol. The Morgan fingerprint density at radius 1 is 1.22 bits per heavy atom. The number of urea groups is 1. The average Bonchev–Trinajstić information content (AvgIpc) is 3.08. The molecule has 0 aliphatic carbocycles. The first-order chi connectivity index (χ1) is 12.9. The number of aryl methyl sites for hydroxylation is 1. The Balaban J connectivity index is 1.50. The van der Waals surface area contributed by atoms with Crippen molar-refractivity contribution in [3.63, 3.8) is 0 Å². The van der Waals surface area contributed by atoms with Gasteiger partial charge in [0.05, 0.1) is 11.7 Å². The Morgan fingerprint density at radius 3 is 2.44 bits per heavy atom. The quantitative estimate of drug-likeness (QED) is 0.838. The Hall–Kier alpha value is -2.42. The fraction of sp³-hybridized carbons (Fsp3) is 0.444. The summed E-state index contributed by atoms with van der Waals surface area (Å²) < 4.78 is 28.7. The smallest absolute Gasteiger partial charge is 0.387 e. The number of hydrogen-bond acceptors (Lipinski definition) is 5. The molecule has 0 saturated carbocycles. The first-order valence-corrected chi connectivity index (χ1v) is 9.57. The lowest BCUT2D eigenvalue weighted by Crippen LogP contribution is -2.52. The molecular formula is C18H22F2N4O2S. The molecule has 1 N–H and O–H groups in total. The highest BCUT2D eigenvalue weighted by atomic mass is 32.1. The van der Waals surface area contributed by atoms with Gasteiger partial charge in [-0.25, -0.2) is 9.78 Å². The summed E-state index contributed by atoms with van der Waals surface area (Å²) >= 11 is 1.62. The molecule has 2 amide bonds. The van der Waals surface area contributed by atoms with Gasteiger partial charge < -0.3 is 19.9 Å². The molecule has 2 heterocycles. The molecule has 146 valence electrons. The summed E-state index contributed by atoms with van der Waals surface area (Å²) in [6.07, 6.45) is 0. The lowest BCUT2D eigenvalue weighted by molar-refractivity contribution is -0.0498. The minimum absolute atomic E-state index is 0.0980. The van der Waals surface area contributed by atoms with Gasteiger partial charge in [-0.2, -0.15) is 8.78 Å². The van der Waals surface area contributed by atoms with Crippen LogP contribution in [-0.2, 0) is 0 Å². The third kappa shape index (κ3) is 5.06. The van der Waals surface area contributed by atoms with E-state index in [1.54, 1.807) is 28.4 Å². The van der Waals surface area contributed by atoms with Gasteiger partial charge in [-0.1, -0.05) is 12.1 Å². The standard InChI is InChI=1S/C18H22F2N4O2S/c1-12-11-27-18(21-12)24-9-7-23(8-10-24)17(25)22-13(2)14-3-5-15(6-4-14)26-16(19)20/h3-6,11,13,16H,7-10H2,1-2H3,(H,22,25). The van der Waals surface area contributed by atoms with Crippen LogP contribution in [0, 0.1) is 6.92 Å². The molecule has 6 nitrogen and oxygen atoms in total. The molecule has 9 heteroatoms. The lowest BCUT2D eigenvalue weighted by atomic mass is 10.1. The number of alkyl halides is 2. The van der Waals surface area contributed by atoms with Crippen LogP contribution >= 0.6 is 11.3 Å². The van der Waals surface area contributed by atoms with Crippen molar-refractivity contribution in [2.75, 3.05) is 31.1 Å². The molecule has 27 heavy (non-hydrogen) atoms. The molecule has 0 radical (unpaired) electrons. The number of nitrogens with zero attached hydrogens (tertiary/aromatic N) is 3. The number of halogens is 2. The van der Waals surface area contributed by atoms with Crippen LogP contribution in [0.15, 0.2) is 29.6 Å².